The molecular weight excluding hydrogens is 280 g/mol. The highest BCUT2D eigenvalue weighted by atomic mass is 32.1. The first kappa shape index (κ1) is 13.7. The van der Waals surface area contributed by atoms with Gasteiger partial charge in [-0.05, 0) is 50.4 Å². The van der Waals surface area contributed by atoms with Crippen LogP contribution in [0.5, 0.6) is 0 Å². The number of hydrogen-bond acceptors (Lipinski definition) is 3. The van der Waals surface area contributed by atoms with Crippen LogP contribution in [-0.2, 0) is 24.2 Å². The highest BCUT2D eigenvalue weighted by Gasteiger charge is 2.55. The van der Waals surface area contributed by atoms with Gasteiger partial charge in [0.2, 0.25) is 5.91 Å². The maximum Gasteiger partial charge on any atom is 0.226 e. The Balaban J connectivity index is 1.40. The Morgan fingerprint density at radius 1 is 1.19 bits per heavy atom. The molecule has 0 spiro atoms. The molecule has 4 rings (SSSR count). The van der Waals surface area contributed by atoms with Crippen LogP contribution in [-0.4, -0.2) is 22.8 Å². The van der Waals surface area contributed by atoms with Gasteiger partial charge in [-0.2, -0.15) is 0 Å². The van der Waals surface area contributed by atoms with Gasteiger partial charge >= 0.3 is 0 Å². The lowest BCUT2D eigenvalue weighted by Crippen LogP contribution is -2.28. The molecule has 3 atom stereocenters. The van der Waals surface area contributed by atoms with Gasteiger partial charge in [0.05, 0.1) is 12.2 Å². The van der Waals surface area contributed by atoms with Gasteiger partial charge in [-0.3, -0.25) is 4.79 Å². The molecule has 0 aliphatic heterocycles. The lowest BCUT2D eigenvalue weighted by molar-refractivity contribution is -0.132. The van der Waals surface area contributed by atoms with Crippen LogP contribution in [0.15, 0.2) is 0 Å². The first-order valence-electron chi connectivity index (χ1n) is 8.46. The molecule has 21 heavy (non-hydrogen) atoms. The fourth-order valence-electron chi connectivity index (χ4n) is 4.37. The maximum atomic E-state index is 12.6. The van der Waals surface area contributed by atoms with Crippen LogP contribution in [0, 0.1) is 17.8 Å². The van der Waals surface area contributed by atoms with E-state index in [0.717, 1.165) is 11.4 Å². The summed E-state index contributed by atoms with van der Waals surface area (Å²) in [5, 5.41) is 1.14. The Labute approximate surface area is 130 Å². The Morgan fingerprint density at radius 3 is 2.62 bits per heavy atom. The average Bonchev–Trinajstić information content (AvgIpc) is 3.08. The topological polar surface area (TPSA) is 33.2 Å². The quantitative estimate of drug-likeness (QED) is 0.857. The molecule has 4 heteroatoms. The van der Waals surface area contributed by atoms with Crippen LogP contribution in [0.4, 0.5) is 0 Å². The van der Waals surface area contributed by atoms with Gasteiger partial charge in [-0.15, -0.1) is 11.3 Å². The van der Waals surface area contributed by atoms with Gasteiger partial charge < -0.3 is 4.90 Å². The van der Waals surface area contributed by atoms with Crippen molar-refractivity contribution >= 4 is 17.2 Å². The van der Waals surface area contributed by atoms with E-state index in [1.807, 2.05) is 23.3 Å². The van der Waals surface area contributed by atoms with E-state index < -0.39 is 0 Å². The second-order valence-corrected chi connectivity index (χ2v) is 8.19. The highest BCUT2D eigenvalue weighted by Crippen LogP contribution is 2.56. The molecule has 3 aliphatic rings. The second-order valence-electron chi connectivity index (χ2n) is 7.02. The van der Waals surface area contributed by atoms with Crippen LogP contribution in [0.25, 0.3) is 0 Å². The van der Waals surface area contributed by atoms with E-state index >= 15 is 0 Å². The van der Waals surface area contributed by atoms with Gasteiger partial charge in [-0.1, -0.05) is 12.8 Å². The maximum absolute atomic E-state index is 12.6. The first-order chi connectivity index (χ1) is 10.2. The lowest BCUT2D eigenvalue weighted by atomic mass is 10.0. The van der Waals surface area contributed by atoms with E-state index in [2.05, 4.69) is 0 Å². The predicted octanol–water partition coefficient (Wildman–Crippen LogP) is 3.42. The molecule has 0 bridgehead atoms. The van der Waals surface area contributed by atoms with Crippen molar-refractivity contribution in [1.29, 1.82) is 0 Å². The van der Waals surface area contributed by atoms with E-state index in [-0.39, 0.29) is 0 Å². The number of aromatic nitrogens is 1. The minimum Gasteiger partial charge on any atom is -0.339 e. The summed E-state index contributed by atoms with van der Waals surface area (Å²) in [5.74, 6) is 2.13. The normalized spacial score (nSPS) is 30.4. The number of aryl methyl sites for hydroxylation is 2. The molecule has 3 nitrogen and oxygen atoms in total. The first-order valence-corrected chi connectivity index (χ1v) is 9.28. The minimum atomic E-state index is 0.340. The summed E-state index contributed by atoms with van der Waals surface area (Å²) in [6.07, 6.45) is 10.1. The molecule has 114 valence electrons. The molecule has 0 radical (unpaired) electrons. The van der Waals surface area contributed by atoms with Gasteiger partial charge in [0.1, 0.15) is 5.01 Å². The summed E-state index contributed by atoms with van der Waals surface area (Å²) in [4.78, 5) is 20.8. The van der Waals surface area contributed by atoms with Crippen molar-refractivity contribution in [2.24, 2.45) is 17.8 Å². The van der Waals surface area contributed by atoms with Crippen molar-refractivity contribution < 1.29 is 4.79 Å². The van der Waals surface area contributed by atoms with Gasteiger partial charge in [0, 0.05) is 17.8 Å². The molecule has 1 unspecified atom stereocenters. The van der Waals surface area contributed by atoms with E-state index in [1.165, 1.54) is 55.5 Å². The minimum absolute atomic E-state index is 0.340. The summed E-state index contributed by atoms with van der Waals surface area (Å²) in [6, 6.07) is 0. The van der Waals surface area contributed by atoms with E-state index in [9.17, 15) is 4.79 Å². The van der Waals surface area contributed by atoms with Crippen molar-refractivity contribution in [3.05, 3.63) is 15.6 Å². The standard InChI is InChI=1S/C17H24N2OS/c1-19(17(20)16-11-6-2-3-7-12(11)16)10-15-18-13-8-4-5-9-14(13)21-15/h11-12,16H,2-10H2,1H3/t11-,12+,16?. The number of nitrogens with zero attached hydrogens (tertiary/aromatic N) is 2. The third kappa shape index (κ3) is 2.52. The third-order valence-electron chi connectivity index (χ3n) is 5.58. The summed E-state index contributed by atoms with van der Waals surface area (Å²) in [6.45, 7) is 0.715. The number of carbonyl (C=O) groups is 1. The Hall–Kier alpha value is -0.900. The largest absolute Gasteiger partial charge is 0.339 e. The fraction of sp³-hybridized carbons (Fsp3) is 0.765. The smallest absolute Gasteiger partial charge is 0.226 e. The monoisotopic (exact) mass is 304 g/mol. The molecule has 0 aromatic carbocycles. The summed E-state index contributed by atoms with van der Waals surface area (Å²) in [5.41, 5.74) is 1.31. The average molecular weight is 304 g/mol. The SMILES string of the molecule is CN(Cc1nc2c(s1)CCCC2)C(=O)C1[C@H]2CCCC[C@@H]12. The molecular formula is C17H24N2OS. The summed E-state index contributed by atoms with van der Waals surface area (Å²) in [7, 11) is 1.97. The highest BCUT2D eigenvalue weighted by molar-refractivity contribution is 7.11. The molecule has 1 heterocycles. The van der Waals surface area contributed by atoms with Gasteiger partial charge in [-0.25, -0.2) is 4.98 Å². The molecule has 1 amide bonds. The third-order valence-corrected chi connectivity index (χ3v) is 6.72. The Morgan fingerprint density at radius 2 is 1.90 bits per heavy atom. The Bertz CT molecular complexity index is 517. The van der Waals surface area contributed by atoms with E-state index in [4.69, 9.17) is 4.98 Å². The molecule has 2 saturated carbocycles. The van der Waals surface area contributed by atoms with Gasteiger partial charge in [0.15, 0.2) is 0 Å². The number of carbonyl (C=O) groups excluding carboxylic acids is 1. The molecule has 3 aliphatic carbocycles. The lowest BCUT2D eigenvalue weighted by Gasteiger charge is -2.15. The van der Waals surface area contributed by atoms with Crippen LogP contribution in [0.2, 0.25) is 0 Å². The number of rotatable bonds is 3. The van der Waals surface area contributed by atoms with E-state index in [1.54, 1.807) is 0 Å². The summed E-state index contributed by atoms with van der Waals surface area (Å²) < 4.78 is 0. The zero-order chi connectivity index (χ0) is 14.4. The van der Waals surface area contributed by atoms with Crippen molar-refractivity contribution in [3.8, 4) is 0 Å². The van der Waals surface area contributed by atoms with Crippen LogP contribution in [0.3, 0.4) is 0 Å². The number of hydrogen-bond donors (Lipinski definition) is 0. The van der Waals surface area contributed by atoms with Crippen molar-refractivity contribution in [1.82, 2.24) is 9.88 Å². The zero-order valence-electron chi connectivity index (χ0n) is 12.8. The number of amides is 1. The zero-order valence-corrected chi connectivity index (χ0v) is 13.6. The molecule has 0 N–H and O–H groups in total. The molecule has 1 aromatic heterocycles. The fourth-order valence-corrected chi connectivity index (χ4v) is 5.58. The van der Waals surface area contributed by atoms with Crippen molar-refractivity contribution in [2.45, 2.75) is 57.9 Å². The van der Waals surface area contributed by atoms with Crippen LogP contribution < -0.4 is 0 Å². The number of fused-ring (bicyclic) bond motifs is 2. The second kappa shape index (κ2) is 5.38. The van der Waals surface area contributed by atoms with Gasteiger partial charge in [0.25, 0.3) is 0 Å². The predicted molar refractivity (Wildman–Crippen MR) is 84.2 cm³/mol. The molecule has 0 saturated heterocycles. The van der Waals surface area contributed by atoms with Crippen molar-refractivity contribution in [3.63, 3.8) is 0 Å². The molecule has 2 fully saturated rings. The van der Waals surface area contributed by atoms with Crippen LogP contribution in [0.1, 0.15) is 54.1 Å². The summed E-state index contributed by atoms with van der Waals surface area (Å²) >= 11 is 1.83. The van der Waals surface area contributed by atoms with E-state index in [0.29, 0.717) is 30.2 Å². The molecule has 1 aromatic rings. The number of thiazole rings is 1. The van der Waals surface area contributed by atoms with Crippen molar-refractivity contribution in [2.75, 3.05) is 7.05 Å². The Kier molecular flexibility index (Phi) is 3.52. The van der Waals surface area contributed by atoms with Crippen LogP contribution >= 0.6 is 11.3 Å².